The molecule has 1 fully saturated rings. The van der Waals surface area contributed by atoms with Gasteiger partial charge in [-0.1, -0.05) is 58.3 Å². The molecule has 3 heteroatoms. The zero-order chi connectivity index (χ0) is 12.7. The standard InChI is InChI=1S/C14H25F3/c1-2-7-13(14(15,16)17)11-6-10-12-8-4-3-5-9-12/h12-13H,2-11H2,1H3. The van der Waals surface area contributed by atoms with Crippen molar-refractivity contribution < 1.29 is 13.2 Å². The molecule has 0 aliphatic heterocycles. The van der Waals surface area contributed by atoms with Crippen LogP contribution in [0.15, 0.2) is 0 Å². The quantitative estimate of drug-likeness (QED) is 0.566. The maximum atomic E-state index is 12.7. The molecule has 0 spiro atoms. The van der Waals surface area contributed by atoms with Gasteiger partial charge in [-0.25, -0.2) is 0 Å². The van der Waals surface area contributed by atoms with E-state index in [0.29, 0.717) is 25.2 Å². The van der Waals surface area contributed by atoms with Crippen molar-refractivity contribution in [2.75, 3.05) is 0 Å². The molecule has 1 saturated carbocycles. The average Bonchev–Trinajstić information content (AvgIpc) is 2.28. The lowest BCUT2D eigenvalue weighted by molar-refractivity contribution is -0.178. The summed E-state index contributed by atoms with van der Waals surface area (Å²) in [6.45, 7) is 1.83. The summed E-state index contributed by atoms with van der Waals surface area (Å²) in [6, 6.07) is 0. The van der Waals surface area contributed by atoms with Gasteiger partial charge in [0.2, 0.25) is 0 Å². The van der Waals surface area contributed by atoms with Crippen molar-refractivity contribution in [2.45, 2.75) is 77.3 Å². The Morgan fingerprint density at radius 2 is 1.71 bits per heavy atom. The monoisotopic (exact) mass is 250 g/mol. The second-order valence-electron chi connectivity index (χ2n) is 5.46. The number of alkyl halides is 3. The fraction of sp³-hybridized carbons (Fsp3) is 1.00. The third-order valence-corrected chi connectivity index (χ3v) is 3.99. The zero-order valence-corrected chi connectivity index (χ0v) is 10.9. The van der Waals surface area contributed by atoms with E-state index in [0.717, 1.165) is 12.8 Å². The number of hydrogen-bond acceptors (Lipinski definition) is 0. The van der Waals surface area contributed by atoms with Crippen LogP contribution >= 0.6 is 0 Å². The Kier molecular flexibility index (Phi) is 6.35. The SMILES string of the molecule is CCCC(CCCC1CCCCC1)C(F)(F)F. The highest BCUT2D eigenvalue weighted by atomic mass is 19.4. The Morgan fingerprint density at radius 3 is 2.24 bits per heavy atom. The highest BCUT2D eigenvalue weighted by molar-refractivity contribution is 4.70. The molecule has 102 valence electrons. The molecule has 0 aromatic heterocycles. The molecule has 0 radical (unpaired) electrons. The summed E-state index contributed by atoms with van der Waals surface area (Å²) in [5.74, 6) is -0.352. The average molecular weight is 250 g/mol. The van der Waals surface area contributed by atoms with Gasteiger partial charge in [0.15, 0.2) is 0 Å². The van der Waals surface area contributed by atoms with Crippen LogP contribution in [0.3, 0.4) is 0 Å². The van der Waals surface area contributed by atoms with Crippen molar-refractivity contribution >= 4 is 0 Å². The molecule has 0 aromatic carbocycles. The lowest BCUT2D eigenvalue weighted by Crippen LogP contribution is -2.23. The first kappa shape index (κ1) is 14.8. The second-order valence-corrected chi connectivity index (χ2v) is 5.46. The summed E-state index contributed by atoms with van der Waals surface area (Å²) in [5, 5.41) is 0. The van der Waals surface area contributed by atoms with Crippen LogP contribution in [0.4, 0.5) is 13.2 Å². The van der Waals surface area contributed by atoms with Crippen molar-refractivity contribution in [2.24, 2.45) is 11.8 Å². The lowest BCUT2D eigenvalue weighted by atomic mass is 9.84. The van der Waals surface area contributed by atoms with Crippen molar-refractivity contribution in [3.05, 3.63) is 0 Å². The summed E-state index contributed by atoms with van der Waals surface area (Å²) >= 11 is 0. The second kappa shape index (κ2) is 7.27. The molecule has 1 rings (SSSR count). The number of halogens is 3. The minimum absolute atomic E-state index is 0.300. The summed E-state index contributed by atoms with van der Waals surface area (Å²) in [4.78, 5) is 0. The van der Waals surface area contributed by atoms with Crippen molar-refractivity contribution in [1.82, 2.24) is 0 Å². The molecule has 17 heavy (non-hydrogen) atoms. The third kappa shape index (κ3) is 5.78. The summed E-state index contributed by atoms with van der Waals surface area (Å²) in [6.07, 6.45) is 5.42. The Balaban J connectivity index is 2.21. The predicted octanol–water partition coefficient (Wildman–Crippen LogP) is 5.72. The summed E-state index contributed by atoms with van der Waals surface area (Å²) < 4.78 is 38.0. The highest BCUT2D eigenvalue weighted by Crippen LogP contribution is 2.35. The van der Waals surface area contributed by atoms with Gasteiger partial charge in [-0.15, -0.1) is 0 Å². The Morgan fingerprint density at radius 1 is 1.06 bits per heavy atom. The third-order valence-electron chi connectivity index (χ3n) is 3.99. The maximum Gasteiger partial charge on any atom is 0.391 e. The largest absolute Gasteiger partial charge is 0.391 e. The molecule has 0 heterocycles. The Labute approximate surface area is 103 Å². The Bertz CT molecular complexity index is 192. The van der Waals surface area contributed by atoms with E-state index in [1.54, 1.807) is 0 Å². The summed E-state index contributed by atoms with van der Waals surface area (Å²) in [7, 11) is 0. The molecular formula is C14H25F3. The van der Waals surface area contributed by atoms with E-state index < -0.39 is 12.1 Å². The Hall–Kier alpha value is -0.210. The molecule has 0 nitrogen and oxygen atoms in total. The minimum atomic E-state index is -3.98. The molecule has 0 saturated heterocycles. The fourth-order valence-electron chi connectivity index (χ4n) is 2.95. The van der Waals surface area contributed by atoms with Gasteiger partial charge in [0.1, 0.15) is 0 Å². The molecule has 0 aromatic rings. The van der Waals surface area contributed by atoms with E-state index in [2.05, 4.69) is 0 Å². The predicted molar refractivity (Wildman–Crippen MR) is 64.9 cm³/mol. The van der Waals surface area contributed by atoms with Crippen LogP contribution in [-0.2, 0) is 0 Å². The van der Waals surface area contributed by atoms with Crippen LogP contribution in [0.25, 0.3) is 0 Å². The fourth-order valence-corrected chi connectivity index (χ4v) is 2.95. The molecular weight excluding hydrogens is 225 g/mol. The van der Waals surface area contributed by atoms with E-state index in [4.69, 9.17) is 0 Å². The first-order valence-electron chi connectivity index (χ1n) is 7.10. The van der Waals surface area contributed by atoms with E-state index in [9.17, 15) is 13.2 Å². The van der Waals surface area contributed by atoms with Crippen LogP contribution in [0.2, 0.25) is 0 Å². The molecule has 1 atom stereocenters. The number of hydrogen-bond donors (Lipinski definition) is 0. The van der Waals surface area contributed by atoms with E-state index >= 15 is 0 Å². The highest BCUT2D eigenvalue weighted by Gasteiger charge is 2.38. The van der Waals surface area contributed by atoms with Gasteiger partial charge in [0, 0.05) is 0 Å². The van der Waals surface area contributed by atoms with Crippen molar-refractivity contribution in [3.8, 4) is 0 Å². The topological polar surface area (TPSA) is 0 Å². The van der Waals surface area contributed by atoms with Crippen molar-refractivity contribution in [3.63, 3.8) is 0 Å². The van der Waals surface area contributed by atoms with Gasteiger partial charge in [-0.2, -0.15) is 13.2 Å². The normalized spacial score (nSPS) is 20.5. The first-order chi connectivity index (χ1) is 8.04. The van der Waals surface area contributed by atoms with E-state index in [-0.39, 0.29) is 0 Å². The smallest absolute Gasteiger partial charge is 0.171 e. The number of rotatable bonds is 6. The van der Waals surface area contributed by atoms with Gasteiger partial charge in [-0.3, -0.25) is 0 Å². The van der Waals surface area contributed by atoms with Crippen molar-refractivity contribution in [1.29, 1.82) is 0 Å². The first-order valence-corrected chi connectivity index (χ1v) is 7.10. The van der Waals surface area contributed by atoms with Crippen LogP contribution in [0.5, 0.6) is 0 Å². The van der Waals surface area contributed by atoms with Gasteiger partial charge >= 0.3 is 6.18 Å². The van der Waals surface area contributed by atoms with Crippen LogP contribution in [-0.4, -0.2) is 6.18 Å². The summed E-state index contributed by atoms with van der Waals surface area (Å²) in [5.41, 5.74) is 0. The van der Waals surface area contributed by atoms with Gasteiger partial charge in [0.25, 0.3) is 0 Å². The zero-order valence-electron chi connectivity index (χ0n) is 10.9. The molecule has 0 amide bonds. The molecule has 0 N–H and O–H groups in total. The van der Waals surface area contributed by atoms with Crippen LogP contribution in [0.1, 0.15) is 71.1 Å². The molecule has 1 aliphatic rings. The van der Waals surface area contributed by atoms with E-state index in [1.807, 2.05) is 6.92 Å². The minimum Gasteiger partial charge on any atom is -0.171 e. The lowest BCUT2D eigenvalue weighted by Gasteiger charge is -2.23. The van der Waals surface area contributed by atoms with Gasteiger partial charge in [-0.05, 0) is 18.8 Å². The molecule has 0 bridgehead atoms. The molecule has 1 aliphatic carbocycles. The maximum absolute atomic E-state index is 12.7. The van der Waals surface area contributed by atoms with Gasteiger partial charge < -0.3 is 0 Å². The van der Waals surface area contributed by atoms with Crippen LogP contribution in [0, 0.1) is 11.8 Å². The van der Waals surface area contributed by atoms with Crippen LogP contribution < -0.4 is 0 Å². The molecule has 1 unspecified atom stereocenters. The van der Waals surface area contributed by atoms with Gasteiger partial charge in [0.05, 0.1) is 5.92 Å². The van der Waals surface area contributed by atoms with E-state index in [1.165, 1.54) is 32.1 Å².